The summed E-state index contributed by atoms with van der Waals surface area (Å²) >= 11 is 0. The quantitative estimate of drug-likeness (QED) is 0.924. The maximum absolute atomic E-state index is 14.2. The van der Waals surface area contributed by atoms with Crippen molar-refractivity contribution in [1.82, 2.24) is 10.2 Å². The van der Waals surface area contributed by atoms with E-state index in [9.17, 15) is 14.0 Å². The summed E-state index contributed by atoms with van der Waals surface area (Å²) in [6.07, 6.45) is 3.05. The molecule has 1 aromatic carbocycles. The molecule has 124 valence electrons. The van der Waals surface area contributed by atoms with Crippen molar-refractivity contribution in [2.45, 2.75) is 31.7 Å². The number of piperidine rings is 1. The minimum absolute atomic E-state index is 0.0294. The number of rotatable bonds is 3. The third kappa shape index (κ3) is 3.22. The molecule has 5 nitrogen and oxygen atoms in total. The van der Waals surface area contributed by atoms with Crippen LogP contribution in [0, 0.1) is 5.82 Å². The molecule has 1 aromatic rings. The molecule has 0 saturated carbocycles. The van der Waals surface area contributed by atoms with E-state index in [1.807, 2.05) is 0 Å². The molecule has 2 heterocycles. The van der Waals surface area contributed by atoms with Gasteiger partial charge >= 0.3 is 0 Å². The number of carbonyl (C=O) groups is 2. The molecule has 0 unspecified atom stereocenters. The highest BCUT2D eigenvalue weighted by atomic mass is 19.1. The van der Waals surface area contributed by atoms with Crippen LogP contribution < -0.4 is 10.2 Å². The highest BCUT2D eigenvalue weighted by Crippen LogP contribution is 2.25. The summed E-state index contributed by atoms with van der Waals surface area (Å²) < 4.78 is 14.2. The number of carbonyl (C=O) groups excluding carboxylic acids is 2. The Bertz CT molecular complexity index is 614. The summed E-state index contributed by atoms with van der Waals surface area (Å²) in [5, 5.41) is 3.25. The van der Waals surface area contributed by atoms with Crippen LogP contribution in [0.3, 0.4) is 0 Å². The van der Waals surface area contributed by atoms with Crippen LogP contribution in [-0.4, -0.2) is 49.4 Å². The predicted octanol–water partition coefficient (Wildman–Crippen LogP) is 1.78. The SMILES string of the molecule is CN(C(=O)c1cc(N2CCCC2=O)ccc1F)C1CCNCC1. The molecule has 0 spiro atoms. The van der Waals surface area contributed by atoms with Crippen molar-refractivity contribution in [3.05, 3.63) is 29.6 Å². The van der Waals surface area contributed by atoms with Gasteiger partial charge in [-0.15, -0.1) is 0 Å². The highest BCUT2D eigenvalue weighted by Gasteiger charge is 2.27. The molecule has 23 heavy (non-hydrogen) atoms. The van der Waals surface area contributed by atoms with Crippen molar-refractivity contribution in [1.29, 1.82) is 0 Å². The minimum Gasteiger partial charge on any atom is -0.339 e. The Kier molecular flexibility index (Phi) is 4.61. The monoisotopic (exact) mass is 319 g/mol. The Morgan fingerprint density at radius 2 is 2.09 bits per heavy atom. The van der Waals surface area contributed by atoms with Crippen molar-refractivity contribution >= 4 is 17.5 Å². The number of anilines is 1. The summed E-state index contributed by atoms with van der Waals surface area (Å²) in [4.78, 5) is 27.8. The summed E-state index contributed by atoms with van der Waals surface area (Å²) in [5.74, 6) is -0.823. The van der Waals surface area contributed by atoms with Gasteiger partial charge in [0.1, 0.15) is 5.82 Å². The van der Waals surface area contributed by atoms with E-state index in [-0.39, 0.29) is 23.4 Å². The zero-order valence-corrected chi connectivity index (χ0v) is 13.3. The van der Waals surface area contributed by atoms with Gasteiger partial charge in [-0.1, -0.05) is 0 Å². The van der Waals surface area contributed by atoms with Crippen LogP contribution in [0.1, 0.15) is 36.0 Å². The van der Waals surface area contributed by atoms with E-state index >= 15 is 0 Å². The smallest absolute Gasteiger partial charge is 0.256 e. The van der Waals surface area contributed by atoms with Gasteiger partial charge < -0.3 is 15.1 Å². The molecule has 2 aliphatic rings. The number of amides is 2. The van der Waals surface area contributed by atoms with Crippen LogP contribution in [0.5, 0.6) is 0 Å². The van der Waals surface area contributed by atoms with Gasteiger partial charge in [0, 0.05) is 31.7 Å². The second-order valence-electron chi connectivity index (χ2n) is 6.21. The Balaban J connectivity index is 1.83. The molecule has 0 aliphatic carbocycles. The van der Waals surface area contributed by atoms with Crippen LogP contribution in [0.15, 0.2) is 18.2 Å². The maximum atomic E-state index is 14.2. The molecular weight excluding hydrogens is 297 g/mol. The molecule has 0 radical (unpaired) electrons. The van der Waals surface area contributed by atoms with E-state index in [0.29, 0.717) is 18.7 Å². The van der Waals surface area contributed by atoms with Crippen molar-refractivity contribution < 1.29 is 14.0 Å². The molecule has 1 N–H and O–H groups in total. The van der Waals surface area contributed by atoms with E-state index < -0.39 is 5.82 Å². The fraction of sp³-hybridized carbons (Fsp3) is 0.529. The Morgan fingerprint density at radius 1 is 1.35 bits per heavy atom. The zero-order valence-electron chi connectivity index (χ0n) is 13.3. The standard InChI is InChI=1S/C17H22FN3O2/c1-20(12-6-8-19-9-7-12)17(23)14-11-13(4-5-15(14)18)21-10-2-3-16(21)22/h4-5,11-12,19H,2-3,6-10H2,1H3. The molecule has 0 atom stereocenters. The van der Waals surface area contributed by atoms with Gasteiger partial charge in [0.25, 0.3) is 5.91 Å². The lowest BCUT2D eigenvalue weighted by Crippen LogP contribution is -2.44. The van der Waals surface area contributed by atoms with Crippen molar-refractivity contribution in [3.8, 4) is 0 Å². The number of halogens is 1. The Hall–Kier alpha value is -1.95. The van der Waals surface area contributed by atoms with Crippen LogP contribution in [0.2, 0.25) is 0 Å². The fourth-order valence-electron chi connectivity index (χ4n) is 3.32. The van der Waals surface area contributed by atoms with Crippen LogP contribution in [0.25, 0.3) is 0 Å². The van der Waals surface area contributed by atoms with E-state index in [2.05, 4.69) is 5.32 Å². The van der Waals surface area contributed by atoms with Crippen molar-refractivity contribution in [2.24, 2.45) is 0 Å². The molecule has 2 saturated heterocycles. The van der Waals surface area contributed by atoms with E-state index in [1.54, 1.807) is 22.9 Å². The lowest BCUT2D eigenvalue weighted by atomic mass is 10.0. The van der Waals surface area contributed by atoms with Gasteiger partial charge in [-0.3, -0.25) is 9.59 Å². The van der Waals surface area contributed by atoms with E-state index in [4.69, 9.17) is 0 Å². The molecule has 2 amide bonds. The first-order valence-electron chi connectivity index (χ1n) is 8.15. The van der Waals surface area contributed by atoms with Crippen LogP contribution >= 0.6 is 0 Å². The first-order valence-corrected chi connectivity index (χ1v) is 8.15. The molecule has 2 aliphatic heterocycles. The molecule has 2 fully saturated rings. The van der Waals surface area contributed by atoms with Gasteiger partial charge in [-0.25, -0.2) is 4.39 Å². The van der Waals surface area contributed by atoms with Crippen molar-refractivity contribution in [2.75, 3.05) is 31.6 Å². The van der Waals surface area contributed by atoms with E-state index in [0.717, 1.165) is 32.4 Å². The Labute approximate surface area is 135 Å². The number of benzene rings is 1. The van der Waals surface area contributed by atoms with Crippen LogP contribution in [-0.2, 0) is 4.79 Å². The molecule has 0 aromatic heterocycles. The van der Waals surface area contributed by atoms with E-state index in [1.165, 1.54) is 12.1 Å². The van der Waals surface area contributed by atoms with Gasteiger partial charge in [0.05, 0.1) is 5.56 Å². The van der Waals surface area contributed by atoms with Gasteiger partial charge in [-0.05, 0) is 50.6 Å². The molecular formula is C17H22FN3O2. The number of hydrogen-bond donors (Lipinski definition) is 1. The third-order valence-electron chi connectivity index (χ3n) is 4.74. The lowest BCUT2D eigenvalue weighted by Gasteiger charge is -2.32. The average molecular weight is 319 g/mol. The normalized spacial score (nSPS) is 19.2. The Morgan fingerprint density at radius 3 is 2.74 bits per heavy atom. The number of nitrogens with zero attached hydrogens (tertiary/aromatic N) is 2. The maximum Gasteiger partial charge on any atom is 0.256 e. The molecule has 6 heteroatoms. The fourth-order valence-corrected chi connectivity index (χ4v) is 3.32. The second-order valence-corrected chi connectivity index (χ2v) is 6.21. The number of nitrogens with one attached hydrogen (secondary N) is 1. The molecule has 3 rings (SSSR count). The van der Waals surface area contributed by atoms with Crippen molar-refractivity contribution in [3.63, 3.8) is 0 Å². The zero-order chi connectivity index (χ0) is 16.4. The summed E-state index contributed by atoms with van der Waals surface area (Å²) in [5.41, 5.74) is 0.652. The van der Waals surface area contributed by atoms with Crippen LogP contribution in [0.4, 0.5) is 10.1 Å². The highest BCUT2D eigenvalue weighted by molar-refractivity contribution is 5.99. The second kappa shape index (κ2) is 6.66. The largest absolute Gasteiger partial charge is 0.339 e. The third-order valence-corrected chi connectivity index (χ3v) is 4.74. The summed E-state index contributed by atoms with van der Waals surface area (Å²) in [6.45, 7) is 2.36. The number of hydrogen-bond acceptors (Lipinski definition) is 3. The predicted molar refractivity (Wildman–Crippen MR) is 86.0 cm³/mol. The first-order chi connectivity index (χ1) is 11.1. The van der Waals surface area contributed by atoms with Gasteiger partial charge in [0.2, 0.25) is 5.91 Å². The summed E-state index contributed by atoms with van der Waals surface area (Å²) in [7, 11) is 1.73. The summed E-state index contributed by atoms with van der Waals surface area (Å²) in [6, 6.07) is 4.49. The minimum atomic E-state index is -0.536. The lowest BCUT2D eigenvalue weighted by molar-refractivity contribution is -0.117. The van der Waals surface area contributed by atoms with Gasteiger partial charge in [-0.2, -0.15) is 0 Å². The first kappa shape index (κ1) is 15.9. The average Bonchev–Trinajstić information content (AvgIpc) is 3.01. The topological polar surface area (TPSA) is 52.7 Å². The molecule has 0 bridgehead atoms. The van der Waals surface area contributed by atoms with Gasteiger partial charge in [0.15, 0.2) is 0 Å².